The van der Waals surface area contributed by atoms with Crippen LogP contribution in [0.3, 0.4) is 0 Å². The van der Waals surface area contributed by atoms with E-state index in [1.807, 2.05) is 31.0 Å². The molecule has 0 bridgehead atoms. The second-order valence-corrected chi connectivity index (χ2v) is 9.53. The summed E-state index contributed by atoms with van der Waals surface area (Å²) in [6.07, 6.45) is 11.4. The predicted octanol–water partition coefficient (Wildman–Crippen LogP) is 4.73. The molecule has 2 saturated carbocycles. The summed E-state index contributed by atoms with van der Waals surface area (Å²) in [4.78, 5) is 0. The lowest BCUT2D eigenvalue weighted by atomic mass is 9.55. The average molecular weight is 393 g/mol. The Balaban J connectivity index is 1.44. The molecule has 0 saturated heterocycles. The minimum atomic E-state index is -0.338. The van der Waals surface area contributed by atoms with Crippen molar-refractivity contribution < 1.29 is 9.84 Å². The molecule has 5 rings (SSSR count). The van der Waals surface area contributed by atoms with Crippen LogP contribution in [0.2, 0.25) is 0 Å². The molecule has 2 fully saturated rings. The minimum absolute atomic E-state index is 0.00201. The van der Waals surface area contributed by atoms with E-state index in [0.29, 0.717) is 17.8 Å². The molecule has 0 radical (unpaired) electrons. The zero-order chi connectivity index (χ0) is 20.2. The van der Waals surface area contributed by atoms with Gasteiger partial charge >= 0.3 is 0 Å². The Morgan fingerprint density at radius 1 is 1.34 bits per heavy atom. The zero-order valence-electron chi connectivity index (χ0n) is 17.8. The lowest BCUT2D eigenvalue weighted by molar-refractivity contribution is -0.0158. The van der Waals surface area contributed by atoms with E-state index >= 15 is 0 Å². The quantitative estimate of drug-likeness (QED) is 0.821. The summed E-state index contributed by atoms with van der Waals surface area (Å²) in [5.74, 6) is 2.84. The molecule has 1 heterocycles. The molecular weight excluding hydrogens is 360 g/mol. The van der Waals surface area contributed by atoms with Crippen molar-refractivity contribution in [3.8, 4) is 5.75 Å². The summed E-state index contributed by atoms with van der Waals surface area (Å²) in [5, 5.41) is 15.6. The highest BCUT2D eigenvalue weighted by atomic mass is 16.5. The van der Waals surface area contributed by atoms with Crippen LogP contribution in [0.15, 0.2) is 36.2 Å². The van der Waals surface area contributed by atoms with E-state index in [1.165, 1.54) is 29.5 Å². The summed E-state index contributed by atoms with van der Waals surface area (Å²) in [5.41, 5.74) is 5.30. The highest BCUT2D eigenvalue weighted by Gasteiger charge is 2.56. The number of nitrogens with zero attached hydrogens (tertiary/aromatic N) is 2. The molecule has 5 atom stereocenters. The summed E-state index contributed by atoms with van der Waals surface area (Å²) < 4.78 is 7.56. The number of fused-ring (bicyclic) bond motifs is 5. The third-order valence-electron chi connectivity index (χ3n) is 7.96. The van der Waals surface area contributed by atoms with Crippen molar-refractivity contribution in [2.45, 2.75) is 58.0 Å². The molecular formula is C25H32N2O2. The van der Waals surface area contributed by atoms with Gasteiger partial charge in [-0.25, -0.2) is 0 Å². The van der Waals surface area contributed by atoms with Crippen molar-refractivity contribution in [3.63, 3.8) is 0 Å². The van der Waals surface area contributed by atoms with Gasteiger partial charge in [-0.05, 0) is 85.6 Å². The van der Waals surface area contributed by atoms with Crippen LogP contribution in [0.5, 0.6) is 5.75 Å². The van der Waals surface area contributed by atoms with Gasteiger partial charge in [0.25, 0.3) is 0 Å². The first-order chi connectivity index (χ1) is 14.0. The SMILES string of the molecule is CCOc1ccc2c(c1)CC[C@@H]1[C@@H]2CC[C@]2(C)[C@@H](O)/C(=C/c3cnn(C)c3)C[C@@H]12. The van der Waals surface area contributed by atoms with Crippen LogP contribution in [0.25, 0.3) is 6.08 Å². The van der Waals surface area contributed by atoms with Gasteiger partial charge in [0.05, 0.1) is 18.9 Å². The number of hydrogen-bond acceptors (Lipinski definition) is 3. The van der Waals surface area contributed by atoms with Gasteiger partial charge in [-0.15, -0.1) is 0 Å². The molecule has 2 aromatic rings. The van der Waals surface area contributed by atoms with E-state index in [1.54, 1.807) is 0 Å². The van der Waals surface area contributed by atoms with E-state index in [0.717, 1.165) is 37.2 Å². The average Bonchev–Trinajstić information content (AvgIpc) is 3.23. The summed E-state index contributed by atoms with van der Waals surface area (Å²) in [6.45, 7) is 5.09. The summed E-state index contributed by atoms with van der Waals surface area (Å²) in [6, 6.07) is 6.73. The number of aromatic nitrogens is 2. The molecule has 1 aromatic heterocycles. The number of aliphatic hydroxyl groups excluding tert-OH is 1. The fraction of sp³-hybridized carbons (Fsp3) is 0.560. The second kappa shape index (κ2) is 7.02. The Bertz CT molecular complexity index is 946. The molecule has 3 aliphatic carbocycles. The van der Waals surface area contributed by atoms with Gasteiger partial charge in [-0.1, -0.05) is 19.1 Å². The van der Waals surface area contributed by atoms with Crippen LogP contribution in [0.1, 0.15) is 62.1 Å². The van der Waals surface area contributed by atoms with E-state index in [-0.39, 0.29) is 11.5 Å². The molecule has 0 unspecified atom stereocenters. The van der Waals surface area contributed by atoms with Gasteiger partial charge in [0.1, 0.15) is 5.75 Å². The lowest BCUT2D eigenvalue weighted by Crippen LogP contribution is -2.44. The molecule has 0 amide bonds. The number of aliphatic hydroxyl groups is 1. The predicted molar refractivity (Wildman–Crippen MR) is 115 cm³/mol. The van der Waals surface area contributed by atoms with Crippen molar-refractivity contribution in [2.24, 2.45) is 24.3 Å². The van der Waals surface area contributed by atoms with E-state index in [2.05, 4.69) is 36.3 Å². The molecule has 3 aliphatic rings. The Labute approximate surface area is 173 Å². The Morgan fingerprint density at radius 3 is 2.97 bits per heavy atom. The molecule has 4 nitrogen and oxygen atoms in total. The third kappa shape index (κ3) is 3.04. The largest absolute Gasteiger partial charge is 0.494 e. The smallest absolute Gasteiger partial charge is 0.119 e. The topological polar surface area (TPSA) is 47.3 Å². The highest BCUT2D eigenvalue weighted by Crippen LogP contribution is 2.62. The number of benzene rings is 1. The maximum Gasteiger partial charge on any atom is 0.119 e. The van der Waals surface area contributed by atoms with Crippen molar-refractivity contribution >= 4 is 6.08 Å². The zero-order valence-corrected chi connectivity index (χ0v) is 17.8. The number of hydrogen-bond donors (Lipinski definition) is 1. The molecule has 0 aliphatic heterocycles. The van der Waals surface area contributed by atoms with Crippen LogP contribution in [-0.4, -0.2) is 27.6 Å². The van der Waals surface area contributed by atoms with Crippen molar-refractivity contribution in [1.29, 1.82) is 0 Å². The summed E-state index contributed by atoms with van der Waals surface area (Å²) in [7, 11) is 1.94. The Morgan fingerprint density at radius 2 is 2.21 bits per heavy atom. The maximum atomic E-state index is 11.3. The molecule has 0 spiro atoms. The van der Waals surface area contributed by atoms with Gasteiger partial charge in [0.2, 0.25) is 0 Å². The van der Waals surface area contributed by atoms with Crippen LogP contribution in [-0.2, 0) is 13.5 Å². The standard InChI is InChI=1S/C25H32N2O2/c1-4-29-19-6-8-20-17(12-19)5-7-22-21(20)9-10-25(2)23(22)13-18(24(25)28)11-16-14-26-27(3)15-16/h6,8,11-12,14-15,21-24,28H,4-5,7,9-10,13H2,1-3H3/b18-11+/t21-,22-,23+,24+,25+/m1/s1. The molecule has 1 N–H and O–H groups in total. The van der Waals surface area contributed by atoms with E-state index in [4.69, 9.17) is 4.74 Å². The number of rotatable bonds is 3. The van der Waals surface area contributed by atoms with Gasteiger partial charge < -0.3 is 9.84 Å². The maximum absolute atomic E-state index is 11.3. The van der Waals surface area contributed by atoms with Crippen LogP contribution in [0.4, 0.5) is 0 Å². The molecule has 4 heteroatoms. The van der Waals surface area contributed by atoms with Crippen LogP contribution >= 0.6 is 0 Å². The first-order valence-corrected chi connectivity index (χ1v) is 11.1. The van der Waals surface area contributed by atoms with Gasteiger partial charge in [0.15, 0.2) is 0 Å². The second-order valence-electron chi connectivity index (χ2n) is 9.53. The Hall–Kier alpha value is -2.07. The number of aryl methyl sites for hydroxylation is 2. The van der Waals surface area contributed by atoms with Crippen molar-refractivity contribution in [2.75, 3.05) is 6.61 Å². The minimum Gasteiger partial charge on any atom is -0.494 e. The first kappa shape index (κ1) is 18.9. The highest BCUT2D eigenvalue weighted by molar-refractivity contribution is 5.54. The van der Waals surface area contributed by atoms with Crippen LogP contribution in [0, 0.1) is 17.3 Å². The molecule has 154 valence electrons. The molecule has 1 aromatic carbocycles. The summed E-state index contributed by atoms with van der Waals surface area (Å²) >= 11 is 0. The normalized spacial score (nSPS) is 34.6. The number of ether oxygens (including phenoxy) is 1. The van der Waals surface area contributed by atoms with Gasteiger partial charge in [-0.2, -0.15) is 5.10 Å². The third-order valence-corrected chi connectivity index (χ3v) is 7.96. The van der Waals surface area contributed by atoms with E-state index < -0.39 is 0 Å². The lowest BCUT2D eigenvalue weighted by Gasteiger charge is -2.49. The van der Waals surface area contributed by atoms with Gasteiger partial charge in [-0.3, -0.25) is 4.68 Å². The fourth-order valence-electron chi connectivity index (χ4n) is 6.54. The first-order valence-electron chi connectivity index (χ1n) is 11.1. The van der Waals surface area contributed by atoms with E-state index in [9.17, 15) is 5.11 Å². The molecule has 29 heavy (non-hydrogen) atoms. The van der Waals surface area contributed by atoms with Crippen molar-refractivity contribution in [1.82, 2.24) is 9.78 Å². The van der Waals surface area contributed by atoms with Crippen LogP contribution < -0.4 is 4.74 Å². The monoisotopic (exact) mass is 392 g/mol. The van der Waals surface area contributed by atoms with Crippen molar-refractivity contribution in [3.05, 3.63) is 52.9 Å². The fourth-order valence-corrected chi connectivity index (χ4v) is 6.54. The van der Waals surface area contributed by atoms with Gasteiger partial charge in [0, 0.05) is 24.2 Å². The Kier molecular flexibility index (Phi) is 4.58.